The van der Waals surface area contributed by atoms with E-state index in [4.69, 9.17) is 10.8 Å². The Morgan fingerprint density at radius 3 is 2.38 bits per heavy atom. The maximum absolute atomic E-state index is 5.84. The molecule has 5 nitrogen and oxygen atoms in total. The van der Waals surface area contributed by atoms with Crippen molar-refractivity contribution >= 4 is 12.4 Å². The molecular formula is C20H26ClN5. The van der Waals surface area contributed by atoms with Crippen LogP contribution in [0.15, 0.2) is 54.7 Å². The molecule has 138 valence electrons. The third-order valence-corrected chi connectivity index (χ3v) is 4.38. The number of aromatic nitrogens is 3. The van der Waals surface area contributed by atoms with E-state index in [0.29, 0.717) is 6.54 Å². The molecule has 0 aliphatic heterocycles. The Morgan fingerprint density at radius 1 is 1.00 bits per heavy atom. The Balaban J connectivity index is 0.00000243. The van der Waals surface area contributed by atoms with Crippen LogP contribution in [-0.2, 0) is 13.1 Å². The minimum absolute atomic E-state index is 0. The number of hydrogen-bond acceptors (Lipinski definition) is 4. The molecule has 3 aromatic rings. The van der Waals surface area contributed by atoms with Crippen molar-refractivity contribution in [2.45, 2.75) is 26.9 Å². The molecule has 0 atom stereocenters. The van der Waals surface area contributed by atoms with Gasteiger partial charge in [0, 0.05) is 43.6 Å². The molecule has 3 rings (SSSR count). The molecule has 0 saturated carbocycles. The zero-order valence-electron chi connectivity index (χ0n) is 15.3. The van der Waals surface area contributed by atoms with Crippen LogP contribution in [0.5, 0.6) is 0 Å². The summed E-state index contributed by atoms with van der Waals surface area (Å²) in [5, 5.41) is 4.70. The van der Waals surface area contributed by atoms with Gasteiger partial charge in [0.05, 0.1) is 5.69 Å². The van der Waals surface area contributed by atoms with Crippen LogP contribution in [0.4, 0.5) is 0 Å². The maximum Gasteiger partial charge on any atom is 0.153 e. The molecule has 0 aliphatic carbocycles. The Hall–Kier alpha value is -2.21. The van der Waals surface area contributed by atoms with E-state index in [2.05, 4.69) is 48.0 Å². The topological polar surface area (TPSA) is 60.0 Å². The summed E-state index contributed by atoms with van der Waals surface area (Å²) >= 11 is 0. The second kappa shape index (κ2) is 9.48. The summed E-state index contributed by atoms with van der Waals surface area (Å²) in [6, 6.07) is 16.4. The van der Waals surface area contributed by atoms with Crippen LogP contribution < -0.4 is 5.73 Å². The molecule has 0 spiro atoms. The second-order valence-electron chi connectivity index (χ2n) is 6.23. The number of hydrogen-bond donors (Lipinski definition) is 1. The lowest BCUT2D eigenvalue weighted by Crippen LogP contribution is -2.29. The molecular weight excluding hydrogens is 346 g/mol. The van der Waals surface area contributed by atoms with E-state index in [1.807, 2.05) is 28.9 Å². The van der Waals surface area contributed by atoms with Gasteiger partial charge < -0.3 is 5.73 Å². The first-order valence-corrected chi connectivity index (χ1v) is 8.62. The highest BCUT2D eigenvalue weighted by Crippen LogP contribution is 2.19. The normalized spacial score (nSPS) is 10.8. The highest BCUT2D eigenvalue weighted by Gasteiger charge is 2.16. The van der Waals surface area contributed by atoms with Crippen LogP contribution in [-0.4, -0.2) is 32.8 Å². The third kappa shape index (κ3) is 4.69. The lowest BCUT2D eigenvalue weighted by Gasteiger charge is -2.22. The molecule has 2 aromatic heterocycles. The minimum atomic E-state index is 0. The van der Waals surface area contributed by atoms with Gasteiger partial charge in [-0.3, -0.25) is 4.90 Å². The predicted octanol–water partition coefficient (Wildman–Crippen LogP) is 3.27. The largest absolute Gasteiger partial charge is 0.329 e. The highest BCUT2D eigenvalue weighted by molar-refractivity contribution is 5.85. The van der Waals surface area contributed by atoms with Gasteiger partial charge in [0.25, 0.3) is 0 Å². The quantitative estimate of drug-likeness (QED) is 0.692. The van der Waals surface area contributed by atoms with Crippen LogP contribution in [0.25, 0.3) is 5.82 Å². The van der Waals surface area contributed by atoms with Gasteiger partial charge in [0.2, 0.25) is 0 Å². The SMILES string of the molecule is Cc1nn(-c2ccccn2)c(C)c1CN(CCN)Cc1ccccc1.Cl. The van der Waals surface area contributed by atoms with Crippen LogP contribution in [0.3, 0.4) is 0 Å². The van der Waals surface area contributed by atoms with Crippen molar-refractivity contribution in [2.24, 2.45) is 5.73 Å². The molecule has 0 bridgehead atoms. The number of aryl methyl sites for hydroxylation is 1. The molecule has 1 aromatic carbocycles. The summed E-state index contributed by atoms with van der Waals surface area (Å²) in [7, 11) is 0. The molecule has 0 fully saturated rings. The monoisotopic (exact) mass is 371 g/mol. The summed E-state index contributed by atoms with van der Waals surface area (Å²) in [6.45, 7) is 7.36. The van der Waals surface area contributed by atoms with Gasteiger partial charge in [-0.1, -0.05) is 36.4 Å². The van der Waals surface area contributed by atoms with Crippen LogP contribution >= 0.6 is 12.4 Å². The molecule has 2 heterocycles. The third-order valence-electron chi connectivity index (χ3n) is 4.38. The van der Waals surface area contributed by atoms with Crippen molar-refractivity contribution < 1.29 is 0 Å². The molecule has 26 heavy (non-hydrogen) atoms. The van der Waals surface area contributed by atoms with Crippen LogP contribution in [0.1, 0.15) is 22.5 Å². The lowest BCUT2D eigenvalue weighted by molar-refractivity contribution is 0.263. The number of nitrogens with two attached hydrogens (primary N) is 1. The fourth-order valence-electron chi connectivity index (χ4n) is 3.07. The second-order valence-corrected chi connectivity index (χ2v) is 6.23. The predicted molar refractivity (Wildman–Crippen MR) is 108 cm³/mol. The first-order valence-electron chi connectivity index (χ1n) is 8.62. The maximum atomic E-state index is 5.84. The average molecular weight is 372 g/mol. The zero-order valence-corrected chi connectivity index (χ0v) is 16.1. The Kier molecular flexibility index (Phi) is 7.33. The van der Waals surface area contributed by atoms with Gasteiger partial charge in [-0.05, 0) is 31.5 Å². The van der Waals surface area contributed by atoms with Crippen molar-refractivity contribution in [3.63, 3.8) is 0 Å². The van der Waals surface area contributed by atoms with Crippen molar-refractivity contribution in [2.75, 3.05) is 13.1 Å². The minimum Gasteiger partial charge on any atom is -0.329 e. The van der Waals surface area contributed by atoms with E-state index in [9.17, 15) is 0 Å². The first kappa shape index (κ1) is 20.1. The summed E-state index contributed by atoms with van der Waals surface area (Å²) in [4.78, 5) is 6.78. The van der Waals surface area contributed by atoms with Gasteiger partial charge in [0.1, 0.15) is 0 Å². The molecule has 0 saturated heterocycles. The highest BCUT2D eigenvalue weighted by atomic mass is 35.5. The van der Waals surface area contributed by atoms with Crippen molar-refractivity contribution in [1.82, 2.24) is 19.7 Å². The van der Waals surface area contributed by atoms with Crippen LogP contribution in [0.2, 0.25) is 0 Å². The Bertz CT molecular complexity index is 802. The number of benzene rings is 1. The lowest BCUT2D eigenvalue weighted by atomic mass is 10.1. The molecule has 0 aliphatic rings. The summed E-state index contributed by atoms with van der Waals surface area (Å²) in [5.41, 5.74) is 10.5. The van der Waals surface area contributed by atoms with E-state index in [1.54, 1.807) is 6.20 Å². The van der Waals surface area contributed by atoms with Gasteiger partial charge in [-0.25, -0.2) is 9.67 Å². The fraction of sp³-hybridized carbons (Fsp3) is 0.300. The fourth-order valence-corrected chi connectivity index (χ4v) is 3.07. The smallest absolute Gasteiger partial charge is 0.153 e. The van der Waals surface area contributed by atoms with Crippen molar-refractivity contribution in [3.05, 3.63) is 77.2 Å². The van der Waals surface area contributed by atoms with E-state index in [0.717, 1.165) is 36.8 Å². The van der Waals surface area contributed by atoms with E-state index in [1.165, 1.54) is 11.1 Å². The molecule has 2 N–H and O–H groups in total. The number of nitrogens with zero attached hydrogens (tertiary/aromatic N) is 4. The summed E-state index contributed by atoms with van der Waals surface area (Å²) in [6.07, 6.45) is 1.79. The number of rotatable bonds is 7. The van der Waals surface area contributed by atoms with E-state index >= 15 is 0 Å². The molecule has 0 unspecified atom stereocenters. The summed E-state index contributed by atoms with van der Waals surface area (Å²) < 4.78 is 1.92. The standard InChI is InChI=1S/C20H25N5.ClH/c1-16-19(17(2)25(23-16)20-10-6-7-12-22-20)15-24(13-11-21)14-18-8-4-3-5-9-18;/h3-10,12H,11,13-15,21H2,1-2H3;1H. The average Bonchev–Trinajstić information content (AvgIpc) is 2.92. The molecule has 0 amide bonds. The van der Waals surface area contributed by atoms with Crippen LogP contribution in [0, 0.1) is 13.8 Å². The number of pyridine rings is 1. The van der Waals surface area contributed by atoms with Gasteiger partial charge in [-0.15, -0.1) is 12.4 Å². The summed E-state index contributed by atoms with van der Waals surface area (Å²) in [5.74, 6) is 0.850. The van der Waals surface area contributed by atoms with Gasteiger partial charge in [-0.2, -0.15) is 5.10 Å². The van der Waals surface area contributed by atoms with E-state index < -0.39 is 0 Å². The molecule has 0 radical (unpaired) electrons. The Labute approximate surface area is 161 Å². The van der Waals surface area contributed by atoms with Gasteiger partial charge >= 0.3 is 0 Å². The van der Waals surface area contributed by atoms with E-state index in [-0.39, 0.29) is 12.4 Å². The number of halogens is 1. The van der Waals surface area contributed by atoms with Crippen molar-refractivity contribution in [3.8, 4) is 5.82 Å². The van der Waals surface area contributed by atoms with Gasteiger partial charge in [0.15, 0.2) is 5.82 Å². The zero-order chi connectivity index (χ0) is 17.6. The first-order chi connectivity index (χ1) is 12.2. The van der Waals surface area contributed by atoms with Crippen molar-refractivity contribution in [1.29, 1.82) is 0 Å². The molecule has 6 heteroatoms. The Morgan fingerprint density at radius 2 is 1.73 bits per heavy atom.